The number of likely N-dealkylation sites (N-methyl/N-ethyl adjacent to an activating group) is 1. The molecule has 1 fully saturated rings. The number of aromatic amines is 2. The fourth-order valence-electron chi connectivity index (χ4n) is 4.85. The summed E-state index contributed by atoms with van der Waals surface area (Å²) in [4.78, 5) is 21.1. The number of hydrogen-bond acceptors (Lipinski definition) is 4. The standard InChI is InChI=1S/C27H41N5O2/c1-18-21(11-12-27(2,3)4)25(30-29-18)23-16-19-9-10-20(17-22(19)28-23)32(14-13-31(5)6)26(33)24-8-7-15-34-24/h9-10,16,20,24,28H,7-8,11-15,17H2,1-6H3,(H,29,30). The number of H-pyrrole nitrogens is 2. The van der Waals surface area contributed by atoms with Crippen LogP contribution in [0.5, 0.6) is 0 Å². The summed E-state index contributed by atoms with van der Waals surface area (Å²) < 4.78 is 5.74. The Morgan fingerprint density at radius 3 is 2.74 bits per heavy atom. The van der Waals surface area contributed by atoms with Gasteiger partial charge in [0.15, 0.2) is 0 Å². The molecule has 34 heavy (non-hydrogen) atoms. The van der Waals surface area contributed by atoms with Crippen molar-refractivity contribution in [2.75, 3.05) is 33.8 Å². The summed E-state index contributed by atoms with van der Waals surface area (Å²) in [7, 11) is 4.09. The van der Waals surface area contributed by atoms with E-state index in [1.165, 1.54) is 16.8 Å². The number of nitrogens with zero attached hydrogens (tertiary/aromatic N) is 3. The van der Waals surface area contributed by atoms with E-state index in [1.807, 2.05) is 19.0 Å². The number of nitrogens with one attached hydrogen (secondary N) is 2. The van der Waals surface area contributed by atoms with E-state index in [0.29, 0.717) is 13.2 Å². The molecule has 2 unspecified atom stereocenters. The van der Waals surface area contributed by atoms with Gasteiger partial charge in [-0.25, -0.2) is 0 Å². The molecule has 2 aromatic heterocycles. The molecule has 0 radical (unpaired) electrons. The van der Waals surface area contributed by atoms with E-state index in [0.717, 1.165) is 55.7 Å². The molecule has 2 aromatic rings. The monoisotopic (exact) mass is 467 g/mol. The topological polar surface area (TPSA) is 77.3 Å². The summed E-state index contributed by atoms with van der Waals surface area (Å²) in [5, 5.41) is 7.84. The normalized spacial score (nSPS) is 20.2. The van der Waals surface area contributed by atoms with Crippen LogP contribution >= 0.6 is 0 Å². The Kier molecular flexibility index (Phi) is 7.33. The first-order valence-corrected chi connectivity index (χ1v) is 12.6. The maximum Gasteiger partial charge on any atom is 0.252 e. The molecule has 0 saturated carbocycles. The second-order valence-electron chi connectivity index (χ2n) is 11.3. The van der Waals surface area contributed by atoms with Gasteiger partial charge in [0, 0.05) is 43.1 Å². The van der Waals surface area contributed by atoms with E-state index in [-0.39, 0.29) is 23.5 Å². The molecule has 0 spiro atoms. The average Bonchev–Trinajstić information content (AvgIpc) is 3.50. The summed E-state index contributed by atoms with van der Waals surface area (Å²) >= 11 is 0. The van der Waals surface area contributed by atoms with Crippen molar-refractivity contribution >= 4 is 12.0 Å². The molecule has 7 nitrogen and oxygen atoms in total. The lowest BCUT2D eigenvalue weighted by molar-refractivity contribution is -0.142. The summed E-state index contributed by atoms with van der Waals surface area (Å²) in [6, 6.07) is 2.22. The van der Waals surface area contributed by atoms with Gasteiger partial charge in [-0.2, -0.15) is 5.10 Å². The maximum absolute atomic E-state index is 13.3. The minimum atomic E-state index is -0.298. The SMILES string of the molecule is Cc1[nH]nc(-c2cc3c([nH]2)CC(N(CCN(C)C)C(=O)C2CCCO2)C=C3)c1CCC(C)(C)C. The van der Waals surface area contributed by atoms with Gasteiger partial charge < -0.3 is 19.5 Å². The minimum Gasteiger partial charge on any atom is -0.368 e. The molecule has 3 heterocycles. The average molecular weight is 468 g/mol. The Bertz CT molecular complexity index is 1020. The molecule has 4 rings (SSSR count). The zero-order valence-electron chi connectivity index (χ0n) is 21.7. The van der Waals surface area contributed by atoms with Crippen molar-refractivity contribution < 1.29 is 9.53 Å². The lowest BCUT2D eigenvalue weighted by atomic mass is 9.88. The smallest absolute Gasteiger partial charge is 0.252 e. The molecule has 186 valence electrons. The third-order valence-corrected chi connectivity index (χ3v) is 6.98. The Balaban J connectivity index is 1.54. The zero-order valence-corrected chi connectivity index (χ0v) is 21.7. The van der Waals surface area contributed by atoms with E-state index in [4.69, 9.17) is 4.74 Å². The summed E-state index contributed by atoms with van der Waals surface area (Å²) in [6.07, 6.45) is 8.70. The van der Waals surface area contributed by atoms with Gasteiger partial charge in [-0.3, -0.25) is 9.89 Å². The summed E-state index contributed by atoms with van der Waals surface area (Å²) in [5.41, 5.74) is 7.12. The van der Waals surface area contributed by atoms with Crippen LogP contribution in [0.25, 0.3) is 17.5 Å². The number of carbonyl (C=O) groups excluding carboxylic acids is 1. The van der Waals surface area contributed by atoms with Crippen molar-refractivity contribution in [3.05, 3.63) is 34.7 Å². The molecule has 0 bridgehead atoms. The van der Waals surface area contributed by atoms with Gasteiger partial charge in [0.25, 0.3) is 5.91 Å². The highest BCUT2D eigenvalue weighted by Gasteiger charge is 2.33. The van der Waals surface area contributed by atoms with Gasteiger partial charge in [-0.05, 0) is 63.7 Å². The number of aryl methyl sites for hydroxylation is 1. The second-order valence-corrected chi connectivity index (χ2v) is 11.3. The lowest BCUT2D eigenvalue weighted by Crippen LogP contribution is -2.48. The van der Waals surface area contributed by atoms with Gasteiger partial charge in [0.2, 0.25) is 0 Å². The summed E-state index contributed by atoms with van der Waals surface area (Å²) in [6.45, 7) is 11.1. The van der Waals surface area contributed by atoms with Crippen molar-refractivity contribution in [1.82, 2.24) is 25.0 Å². The molecule has 2 aliphatic rings. The van der Waals surface area contributed by atoms with Gasteiger partial charge in [0.05, 0.1) is 11.7 Å². The van der Waals surface area contributed by atoms with E-state index in [1.54, 1.807) is 0 Å². The first-order chi connectivity index (χ1) is 16.1. The van der Waals surface area contributed by atoms with Crippen molar-refractivity contribution in [3.63, 3.8) is 0 Å². The van der Waals surface area contributed by atoms with Crippen LogP contribution in [0.2, 0.25) is 0 Å². The van der Waals surface area contributed by atoms with Crippen LogP contribution in [0.3, 0.4) is 0 Å². The van der Waals surface area contributed by atoms with Crippen LogP contribution in [0.4, 0.5) is 0 Å². The number of hydrogen-bond donors (Lipinski definition) is 2. The number of ether oxygens (including phenoxy) is 1. The molecule has 1 aliphatic carbocycles. The lowest BCUT2D eigenvalue weighted by Gasteiger charge is -2.34. The Labute approximate surface area is 203 Å². The molecular formula is C27H41N5O2. The van der Waals surface area contributed by atoms with E-state index < -0.39 is 0 Å². The van der Waals surface area contributed by atoms with Crippen LogP contribution in [-0.2, 0) is 22.4 Å². The van der Waals surface area contributed by atoms with Crippen LogP contribution in [0.15, 0.2) is 12.1 Å². The predicted octanol–water partition coefficient (Wildman–Crippen LogP) is 4.20. The van der Waals surface area contributed by atoms with Gasteiger partial charge in [-0.15, -0.1) is 0 Å². The van der Waals surface area contributed by atoms with Crippen molar-refractivity contribution in [2.45, 2.75) is 71.9 Å². The fourth-order valence-corrected chi connectivity index (χ4v) is 4.85. The number of rotatable bonds is 8. The quantitative estimate of drug-likeness (QED) is 0.610. The molecule has 0 aromatic carbocycles. The first-order valence-electron chi connectivity index (χ1n) is 12.6. The van der Waals surface area contributed by atoms with E-state index in [2.05, 4.69) is 66.0 Å². The van der Waals surface area contributed by atoms with Crippen molar-refractivity contribution in [2.24, 2.45) is 5.41 Å². The highest BCUT2D eigenvalue weighted by Crippen LogP contribution is 2.32. The largest absolute Gasteiger partial charge is 0.368 e. The second kappa shape index (κ2) is 10.1. The number of amides is 1. The predicted molar refractivity (Wildman–Crippen MR) is 137 cm³/mol. The number of aromatic nitrogens is 3. The third kappa shape index (κ3) is 5.63. The van der Waals surface area contributed by atoms with E-state index >= 15 is 0 Å². The van der Waals surface area contributed by atoms with E-state index in [9.17, 15) is 4.79 Å². The zero-order chi connectivity index (χ0) is 24.5. The number of fused-ring (bicyclic) bond motifs is 1. The fraction of sp³-hybridized carbons (Fsp3) is 0.630. The molecule has 7 heteroatoms. The van der Waals surface area contributed by atoms with Gasteiger partial charge in [0.1, 0.15) is 11.8 Å². The third-order valence-electron chi connectivity index (χ3n) is 6.98. The van der Waals surface area contributed by atoms with Gasteiger partial charge in [-0.1, -0.05) is 32.9 Å². The first kappa shape index (κ1) is 24.7. The Hall–Kier alpha value is -2.38. The van der Waals surface area contributed by atoms with Gasteiger partial charge >= 0.3 is 0 Å². The van der Waals surface area contributed by atoms with Crippen molar-refractivity contribution in [1.29, 1.82) is 0 Å². The molecule has 1 amide bonds. The van der Waals surface area contributed by atoms with Crippen molar-refractivity contribution in [3.8, 4) is 11.4 Å². The molecule has 2 atom stereocenters. The Morgan fingerprint density at radius 2 is 2.06 bits per heavy atom. The van der Waals surface area contributed by atoms with Crippen LogP contribution in [0.1, 0.15) is 62.5 Å². The Morgan fingerprint density at radius 1 is 1.26 bits per heavy atom. The van der Waals surface area contributed by atoms with Crippen LogP contribution in [0, 0.1) is 12.3 Å². The van der Waals surface area contributed by atoms with Crippen LogP contribution < -0.4 is 0 Å². The molecule has 1 saturated heterocycles. The number of carbonyl (C=O) groups is 1. The molecular weight excluding hydrogens is 426 g/mol. The summed E-state index contributed by atoms with van der Waals surface area (Å²) in [5.74, 6) is 0.122. The maximum atomic E-state index is 13.3. The molecule has 2 N–H and O–H groups in total. The molecule has 1 aliphatic heterocycles. The highest BCUT2D eigenvalue weighted by molar-refractivity contribution is 5.82. The highest BCUT2D eigenvalue weighted by atomic mass is 16.5. The minimum absolute atomic E-state index is 0.0249. The van der Waals surface area contributed by atoms with Crippen LogP contribution in [-0.4, -0.2) is 76.8 Å².